The molecule has 1 aromatic carbocycles. The molecule has 1 saturated heterocycles. The Labute approximate surface area is 105 Å². The minimum absolute atomic E-state index is 0.0304. The average Bonchev–Trinajstić information content (AvgIpc) is 2.81. The Hall–Kier alpha value is -0.560. The fourth-order valence-electron chi connectivity index (χ4n) is 1.73. The topological polar surface area (TPSA) is 66.4 Å². The van der Waals surface area contributed by atoms with Gasteiger partial charge in [0.25, 0.3) is 0 Å². The number of hydrogen-bond acceptors (Lipinski definition) is 4. The van der Waals surface area contributed by atoms with Crippen molar-refractivity contribution in [2.75, 3.05) is 11.5 Å². The van der Waals surface area contributed by atoms with Gasteiger partial charge in [0.15, 0.2) is 0 Å². The molecule has 2 rings (SSSR count). The maximum Gasteiger partial charge on any atom is 0.240 e. The fourth-order valence-corrected chi connectivity index (χ4v) is 4.32. The summed E-state index contributed by atoms with van der Waals surface area (Å²) in [5, 5.41) is 8.99. The first-order valence-corrected chi connectivity index (χ1v) is 8.05. The van der Waals surface area contributed by atoms with Gasteiger partial charge in [0.05, 0.1) is 11.5 Å². The summed E-state index contributed by atoms with van der Waals surface area (Å²) in [6.45, 7) is -0.150. The Balaban J connectivity index is 2.18. The number of benzene rings is 1. The van der Waals surface area contributed by atoms with Gasteiger partial charge in [-0.2, -0.15) is 11.8 Å². The standard InChI is InChI=1S/C11H15NO3S2/c13-7-9-2-1-3-11(6-9)17(14,15)12-10-4-5-16-8-10/h1-3,6,10,12-13H,4-5,7-8H2. The van der Waals surface area contributed by atoms with Crippen LogP contribution in [0.4, 0.5) is 0 Å². The summed E-state index contributed by atoms with van der Waals surface area (Å²) >= 11 is 1.76. The van der Waals surface area contributed by atoms with Crippen molar-refractivity contribution in [3.63, 3.8) is 0 Å². The van der Waals surface area contributed by atoms with E-state index in [1.165, 1.54) is 6.07 Å². The number of hydrogen-bond donors (Lipinski definition) is 2. The number of nitrogens with one attached hydrogen (secondary N) is 1. The molecule has 1 fully saturated rings. The van der Waals surface area contributed by atoms with Crippen LogP contribution in [0.5, 0.6) is 0 Å². The van der Waals surface area contributed by atoms with Crippen molar-refractivity contribution in [3.05, 3.63) is 29.8 Å². The van der Waals surface area contributed by atoms with Crippen molar-refractivity contribution in [1.29, 1.82) is 0 Å². The van der Waals surface area contributed by atoms with Crippen LogP contribution in [0.3, 0.4) is 0 Å². The zero-order chi connectivity index (χ0) is 12.3. The van der Waals surface area contributed by atoms with Gasteiger partial charge in [-0.15, -0.1) is 0 Å². The molecule has 1 heterocycles. The van der Waals surface area contributed by atoms with Crippen molar-refractivity contribution in [1.82, 2.24) is 4.72 Å². The van der Waals surface area contributed by atoms with Crippen LogP contribution >= 0.6 is 11.8 Å². The molecule has 2 N–H and O–H groups in total. The molecule has 0 amide bonds. The summed E-state index contributed by atoms with van der Waals surface area (Å²) < 4.78 is 26.8. The Morgan fingerprint density at radius 1 is 1.47 bits per heavy atom. The SMILES string of the molecule is O=S(=O)(NC1CCSC1)c1cccc(CO)c1. The molecule has 0 spiro atoms. The van der Waals surface area contributed by atoms with E-state index in [4.69, 9.17) is 5.11 Å². The number of aliphatic hydroxyl groups excluding tert-OH is 1. The molecule has 1 unspecified atom stereocenters. The van der Waals surface area contributed by atoms with Gasteiger partial charge in [-0.25, -0.2) is 13.1 Å². The molecular weight excluding hydrogens is 258 g/mol. The van der Waals surface area contributed by atoms with E-state index in [2.05, 4.69) is 4.72 Å². The van der Waals surface area contributed by atoms with Crippen LogP contribution in [0.2, 0.25) is 0 Å². The molecule has 0 bridgehead atoms. The van der Waals surface area contributed by atoms with Gasteiger partial charge in [0, 0.05) is 11.8 Å². The maximum absolute atomic E-state index is 12.1. The summed E-state index contributed by atoms with van der Waals surface area (Å²) in [5.41, 5.74) is 0.605. The third kappa shape index (κ3) is 3.22. The molecule has 1 atom stereocenters. The first-order valence-electron chi connectivity index (χ1n) is 5.42. The van der Waals surface area contributed by atoms with Crippen molar-refractivity contribution in [2.45, 2.75) is 24.0 Å². The summed E-state index contributed by atoms with van der Waals surface area (Å²) in [4.78, 5) is 0.223. The van der Waals surface area contributed by atoms with E-state index in [1.54, 1.807) is 30.0 Å². The van der Waals surface area contributed by atoms with Crippen LogP contribution < -0.4 is 4.72 Å². The lowest BCUT2D eigenvalue weighted by Crippen LogP contribution is -2.34. The number of sulfonamides is 1. The Morgan fingerprint density at radius 3 is 2.94 bits per heavy atom. The minimum atomic E-state index is -3.45. The number of aliphatic hydroxyl groups is 1. The van der Waals surface area contributed by atoms with E-state index in [-0.39, 0.29) is 17.5 Å². The highest BCUT2D eigenvalue weighted by Crippen LogP contribution is 2.20. The number of thioether (sulfide) groups is 1. The van der Waals surface area contributed by atoms with Gasteiger partial charge < -0.3 is 5.11 Å². The first-order chi connectivity index (χ1) is 8.12. The quantitative estimate of drug-likeness (QED) is 0.857. The molecule has 94 valence electrons. The third-order valence-electron chi connectivity index (χ3n) is 2.64. The second kappa shape index (κ2) is 5.39. The van der Waals surface area contributed by atoms with E-state index in [1.807, 2.05) is 0 Å². The monoisotopic (exact) mass is 273 g/mol. The summed E-state index contributed by atoms with van der Waals surface area (Å²) in [6.07, 6.45) is 0.879. The van der Waals surface area contributed by atoms with Crippen molar-refractivity contribution in [3.8, 4) is 0 Å². The molecule has 1 aromatic rings. The highest BCUT2D eigenvalue weighted by Gasteiger charge is 2.23. The van der Waals surface area contributed by atoms with E-state index in [9.17, 15) is 8.42 Å². The molecule has 1 aliphatic rings. The Bertz CT molecular complexity index is 481. The zero-order valence-corrected chi connectivity index (χ0v) is 10.9. The van der Waals surface area contributed by atoms with Gasteiger partial charge >= 0.3 is 0 Å². The second-order valence-electron chi connectivity index (χ2n) is 3.99. The predicted molar refractivity (Wildman–Crippen MR) is 68.4 cm³/mol. The van der Waals surface area contributed by atoms with Crippen LogP contribution in [0.15, 0.2) is 29.2 Å². The highest BCUT2D eigenvalue weighted by molar-refractivity contribution is 7.99. The average molecular weight is 273 g/mol. The van der Waals surface area contributed by atoms with Crippen molar-refractivity contribution >= 4 is 21.8 Å². The summed E-state index contributed by atoms with van der Waals surface area (Å²) in [5.74, 6) is 1.84. The molecule has 0 aromatic heterocycles. The van der Waals surface area contributed by atoms with Gasteiger partial charge in [-0.3, -0.25) is 0 Å². The maximum atomic E-state index is 12.1. The number of rotatable bonds is 4. The third-order valence-corrected chi connectivity index (χ3v) is 5.32. The smallest absolute Gasteiger partial charge is 0.240 e. The van der Waals surface area contributed by atoms with Crippen LogP contribution in [-0.2, 0) is 16.6 Å². The normalized spacial score (nSPS) is 20.6. The van der Waals surface area contributed by atoms with Crippen molar-refractivity contribution in [2.24, 2.45) is 0 Å². The zero-order valence-electron chi connectivity index (χ0n) is 9.30. The largest absolute Gasteiger partial charge is 0.392 e. The fraction of sp³-hybridized carbons (Fsp3) is 0.455. The lowest BCUT2D eigenvalue weighted by Gasteiger charge is -2.12. The predicted octanol–water partition coefficient (Wildman–Crippen LogP) is 0.963. The molecule has 0 aliphatic carbocycles. The molecule has 0 saturated carbocycles. The second-order valence-corrected chi connectivity index (χ2v) is 6.85. The van der Waals surface area contributed by atoms with E-state index in [0.29, 0.717) is 5.56 Å². The summed E-state index contributed by atoms with van der Waals surface area (Å²) in [6, 6.07) is 6.42. The Kier molecular flexibility index (Phi) is 4.09. The van der Waals surface area contributed by atoms with Gasteiger partial charge in [0.1, 0.15) is 0 Å². The van der Waals surface area contributed by atoms with Gasteiger partial charge in [0.2, 0.25) is 10.0 Å². The lowest BCUT2D eigenvalue weighted by molar-refractivity contribution is 0.281. The van der Waals surface area contributed by atoms with Gasteiger partial charge in [-0.05, 0) is 29.9 Å². The van der Waals surface area contributed by atoms with Crippen LogP contribution in [0.25, 0.3) is 0 Å². The first kappa shape index (κ1) is 12.9. The van der Waals surface area contributed by atoms with Crippen molar-refractivity contribution < 1.29 is 13.5 Å². The molecule has 6 heteroatoms. The molecule has 17 heavy (non-hydrogen) atoms. The van der Waals surface area contributed by atoms with Crippen LogP contribution in [0.1, 0.15) is 12.0 Å². The molecule has 4 nitrogen and oxygen atoms in total. The van der Waals surface area contributed by atoms with Gasteiger partial charge in [-0.1, -0.05) is 12.1 Å². The van der Waals surface area contributed by atoms with E-state index >= 15 is 0 Å². The molecule has 1 aliphatic heterocycles. The molecular formula is C11H15NO3S2. The van der Waals surface area contributed by atoms with Crippen LogP contribution in [0, 0.1) is 0 Å². The van der Waals surface area contributed by atoms with E-state index < -0.39 is 10.0 Å². The van der Waals surface area contributed by atoms with E-state index in [0.717, 1.165) is 17.9 Å². The molecule has 0 radical (unpaired) electrons. The highest BCUT2D eigenvalue weighted by atomic mass is 32.2. The Morgan fingerprint density at radius 2 is 2.29 bits per heavy atom. The van der Waals surface area contributed by atoms with Crippen LogP contribution in [-0.4, -0.2) is 31.1 Å². The lowest BCUT2D eigenvalue weighted by atomic mass is 10.2. The minimum Gasteiger partial charge on any atom is -0.392 e. The summed E-state index contributed by atoms with van der Waals surface area (Å²) in [7, 11) is -3.45.